The molecule has 1 heterocycles. The second kappa shape index (κ2) is 12.3. The van der Waals surface area contributed by atoms with Crippen molar-refractivity contribution in [2.45, 2.75) is 25.8 Å². The minimum atomic E-state index is -0.769. The van der Waals surface area contributed by atoms with Crippen LogP contribution in [0.3, 0.4) is 0 Å². The number of thiocarbonyl (C=S) groups is 1. The van der Waals surface area contributed by atoms with Crippen molar-refractivity contribution in [2.75, 3.05) is 30.5 Å². The molecule has 1 saturated heterocycles. The van der Waals surface area contributed by atoms with E-state index in [0.717, 1.165) is 16.2 Å². The molecule has 1 unspecified atom stereocenters. The maximum Gasteiger partial charge on any atom is 0.338 e. The van der Waals surface area contributed by atoms with Gasteiger partial charge in [0.1, 0.15) is 11.8 Å². The van der Waals surface area contributed by atoms with Gasteiger partial charge in [0.05, 0.1) is 31.4 Å². The number of carbonyl (C=O) groups is 3. The number of rotatable bonds is 9. The number of benzene rings is 3. The van der Waals surface area contributed by atoms with Gasteiger partial charge in [-0.15, -0.1) is 0 Å². The highest BCUT2D eigenvalue weighted by atomic mass is 32.1. The van der Waals surface area contributed by atoms with Crippen molar-refractivity contribution in [1.29, 1.82) is 0 Å². The predicted octanol–water partition coefficient (Wildman–Crippen LogP) is 4.45. The first kappa shape index (κ1) is 26.8. The van der Waals surface area contributed by atoms with Crippen LogP contribution in [0, 0.1) is 0 Å². The molecule has 1 aliphatic heterocycles. The highest BCUT2D eigenvalue weighted by Gasteiger charge is 2.43. The van der Waals surface area contributed by atoms with Crippen LogP contribution in [0.4, 0.5) is 11.4 Å². The van der Waals surface area contributed by atoms with Crippen LogP contribution >= 0.6 is 12.2 Å². The molecule has 4 rings (SSSR count). The van der Waals surface area contributed by atoms with E-state index < -0.39 is 12.0 Å². The average molecular weight is 532 g/mol. The Labute approximate surface area is 227 Å². The lowest BCUT2D eigenvalue weighted by Crippen LogP contribution is -2.48. The Balaban J connectivity index is 1.55. The van der Waals surface area contributed by atoms with Gasteiger partial charge in [-0.05, 0) is 79.7 Å². The number of nitrogens with one attached hydrogen (secondary N) is 1. The van der Waals surface area contributed by atoms with Crippen molar-refractivity contribution < 1.29 is 23.9 Å². The number of nitrogens with zero attached hydrogens (tertiary/aromatic N) is 2. The summed E-state index contributed by atoms with van der Waals surface area (Å²) in [6, 6.07) is 22.6. The predicted molar refractivity (Wildman–Crippen MR) is 149 cm³/mol. The third-order valence-electron chi connectivity index (χ3n) is 6.22. The van der Waals surface area contributed by atoms with Crippen LogP contribution in [-0.4, -0.2) is 54.1 Å². The number of imide groups is 1. The summed E-state index contributed by atoms with van der Waals surface area (Å²) in [7, 11) is 1.59. The smallest absolute Gasteiger partial charge is 0.338 e. The van der Waals surface area contributed by atoms with Gasteiger partial charge in [0.2, 0.25) is 5.91 Å². The number of hydrogen-bond acceptors (Lipinski definition) is 6. The summed E-state index contributed by atoms with van der Waals surface area (Å²) in [5, 5.41) is 3.54. The van der Waals surface area contributed by atoms with Crippen LogP contribution in [0.15, 0.2) is 78.9 Å². The first-order chi connectivity index (χ1) is 18.4. The van der Waals surface area contributed by atoms with E-state index in [1.807, 2.05) is 54.6 Å². The Morgan fingerprint density at radius 1 is 1.03 bits per heavy atom. The zero-order valence-corrected chi connectivity index (χ0v) is 22.1. The maximum absolute atomic E-state index is 13.6. The van der Waals surface area contributed by atoms with E-state index in [-0.39, 0.29) is 24.8 Å². The molecule has 0 aliphatic carbocycles. The molecule has 3 aromatic rings. The van der Waals surface area contributed by atoms with E-state index in [1.54, 1.807) is 43.2 Å². The number of amides is 2. The molecule has 0 bridgehead atoms. The van der Waals surface area contributed by atoms with Gasteiger partial charge in [0.25, 0.3) is 5.91 Å². The Kier molecular flexibility index (Phi) is 8.70. The highest BCUT2D eigenvalue weighted by Crippen LogP contribution is 2.27. The molecule has 0 radical (unpaired) electrons. The number of anilines is 2. The fourth-order valence-electron chi connectivity index (χ4n) is 4.25. The quantitative estimate of drug-likeness (QED) is 0.246. The summed E-state index contributed by atoms with van der Waals surface area (Å²) in [6.07, 6.45) is 0.620. The molecule has 8 nitrogen and oxygen atoms in total. The van der Waals surface area contributed by atoms with E-state index in [2.05, 4.69) is 5.32 Å². The zero-order chi connectivity index (χ0) is 27.1. The van der Waals surface area contributed by atoms with E-state index in [0.29, 0.717) is 35.1 Å². The molecule has 2 amide bonds. The molecule has 3 aromatic carbocycles. The summed E-state index contributed by atoms with van der Waals surface area (Å²) < 4.78 is 10.2. The summed E-state index contributed by atoms with van der Waals surface area (Å²) in [5.74, 6) is -0.451. The third kappa shape index (κ3) is 6.18. The van der Waals surface area contributed by atoms with Crippen molar-refractivity contribution in [2.24, 2.45) is 0 Å². The zero-order valence-electron chi connectivity index (χ0n) is 21.3. The summed E-state index contributed by atoms with van der Waals surface area (Å²) in [4.78, 5) is 41.6. The van der Waals surface area contributed by atoms with Crippen LogP contribution < -0.4 is 15.0 Å². The van der Waals surface area contributed by atoms with Crippen LogP contribution in [0.2, 0.25) is 0 Å². The number of carbonyl (C=O) groups excluding carboxylic acids is 3. The van der Waals surface area contributed by atoms with Gasteiger partial charge in [-0.1, -0.05) is 30.3 Å². The molecule has 1 N–H and O–H groups in total. The topological polar surface area (TPSA) is 88.2 Å². The monoisotopic (exact) mass is 531 g/mol. The van der Waals surface area contributed by atoms with Gasteiger partial charge in [-0.25, -0.2) is 9.69 Å². The van der Waals surface area contributed by atoms with Crippen molar-refractivity contribution >= 4 is 46.5 Å². The molecule has 9 heteroatoms. The fourth-order valence-corrected chi connectivity index (χ4v) is 4.59. The third-order valence-corrected chi connectivity index (χ3v) is 6.56. The lowest BCUT2D eigenvalue weighted by Gasteiger charge is -2.30. The minimum absolute atomic E-state index is 0.0162. The van der Waals surface area contributed by atoms with E-state index in [1.165, 1.54) is 0 Å². The van der Waals surface area contributed by atoms with Gasteiger partial charge in [0.15, 0.2) is 5.11 Å². The van der Waals surface area contributed by atoms with Crippen LogP contribution in [-0.2, 0) is 20.7 Å². The van der Waals surface area contributed by atoms with Crippen molar-refractivity contribution in [3.8, 4) is 5.75 Å². The van der Waals surface area contributed by atoms with Gasteiger partial charge in [-0.3, -0.25) is 9.59 Å². The van der Waals surface area contributed by atoms with Gasteiger partial charge >= 0.3 is 5.97 Å². The Morgan fingerprint density at radius 3 is 2.34 bits per heavy atom. The van der Waals surface area contributed by atoms with Crippen LogP contribution in [0.1, 0.15) is 29.3 Å². The molecule has 1 fully saturated rings. The number of methoxy groups -OCH3 is 1. The molecule has 0 spiro atoms. The number of ether oxygens (including phenoxy) is 2. The maximum atomic E-state index is 13.6. The lowest BCUT2D eigenvalue weighted by molar-refractivity contribution is -0.122. The van der Waals surface area contributed by atoms with E-state index >= 15 is 0 Å². The molecular formula is C29H29N3O5S. The van der Waals surface area contributed by atoms with Crippen LogP contribution in [0.5, 0.6) is 5.75 Å². The van der Waals surface area contributed by atoms with Gasteiger partial charge in [-0.2, -0.15) is 0 Å². The molecule has 1 atom stereocenters. The van der Waals surface area contributed by atoms with Crippen molar-refractivity contribution in [3.05, 3.63) is 90.0 Å². The van der Waals surface area contributed by atoms with Crippen molar-refractivity contribution in [3.63, 3.8) is 0 Å². The SMILES string of the molecule is CCOC(=O)c1ccc(N2C(=O)CC(N(CCc3ccccc3)C(=S)Nc3ccc(OC)cc3)C2=O)cc1. The van der Waals surface area contributed by atoms with Crippen LogP contribution in [0.25, 0.3) is 0 Å². The fraction of sp³-hybridized carbons (Fsp3) is 0.241. The number of hydrogen-bond donors (Lipinski definition) is 1. The molecule has 0 aromatic heterocycles. The average Bonchev–Trinajstić information content (AvgIpc) is 3.23. The molecular weight excluding hydrogens is 502 g/mol. The first-order valence-electron chi connectivity index (χ1n) is 12.3. The highest BCUT2D eigenvalue weighted by molar-refractivity contribution is 7.80. The van der Waals surface area contributed by atoms with Crippen molar-refractivity contribution in [1.82, 2.24) is 4.90 Å². The first-order valence-corrected chi connectivity index (χ1v) is 12.7. The van der Waals surface area contributed by atoms with Gasteiger partial charge in [0, 0.05) is 12.2 Å². The summed E-state index contributed by atoms with van der Waals surface area (Å²) in [6.45, 7) is 2.42. The molecule has 1 aliphatic rings. The molecule has 38 heavy (non-hydrogen) atoms. The summed E-state index contributed by atoms with van der Waals surface area (Å²) >= 11 is 5.74. The van der Waals surface area contributed by atoms with Gasteiger partial charge < -0.3 is 19.7 Å². The Morgan fingerprint density at radius 2 is 1.71 bits per heavy atom. The molecule has 0 saturated carbocycles. The standard InChI is InChI=1S/C29H29N3O5S/c1-3-37-28(35)21-9-13-23(14-10-21)32-26(33)19-25(27(32)34)31(18-17-20-7-5-4-6-8-20)29(38)30-22-11-15-24(36-2)16-12-22/h4-16,25H,3,17-19H2,1-2H3,(H,30,38). The van der Waals surface area contributed by atoms with E-state index in [4.69, 9.17) is 21.7 Å². The Bertz CT molecular complexity index is 1300. The lowest BCUT2D eigenvalue weighted by atomic mass is 10.1. The normalized spacial score (nSPS) is 14.8. The Hall–Kier alpha value is -4.24. The minimum Gasteiger partial charge on any atom is -0.497 e. The second-order valence-corrected chi connectivity index (χ2v) is 9.03. The largest absolute Gasteiger partial charge is 0.497 e. The van der Waals surface area contributed by atoms with E-state index in [9.17, 15) is 14.4 Å². The molecule has 196 valence electrons. The number of esters is 1. The summed E-state index contributed by atoms with van der Waals surface area (Å²) in [5.41, 5.74) is 2.57. The second-order valence-electron chi connectivity index (χ2n) is 8.64.